The van der Waals surface area contributed by atoms with Crippen LogP contribution in [0.3, 0.4) is 0 Å². The predicted molar refractivity (Wildman–Crippen MR) is 102 cm³/mol. The van der Waals surface area contributed by atoms with Crippen LogP contribution in [0.25, 0.3) is 0 Å². The number of morpholine rings is 1. The molecular formula is C19H25N7O3. The van der Waals surface area contributed by atoms with Crippen LogP contribution in [0.2, 0.25) is 0 Å². The Morgan fingerprint density at radius 1 is 1.07 bits per heavy atom. The number of carbonyl (C=O) groups excluding carboxylic acids is 2. The Hall–Kier alpha value is -2.88. The molecule has 2 aromatic rings. The molecule has 0 bridgehead atoms. The van der Waals surface area contributed by atoms with Gasteiger partial charge in [0.1, 0.15) is 5.69 Å². The lowest BCUT2D eigenvalue weighted by atomic mass is 9.98. The molecule has 2 fully saturated rings. The van der Waals surface area contributed by atoms with Crippen molar-refractivity contribution in [2.24, 2.45) is 5.92 Å². The van der Waals surface area contributed by atoms with Crippen molar-refractivity contribution in [2.75, 3.05) is 39.4 Å². The summed E-state index contributed by atoms with van der Waals surface area (Å²) in [7, 11) is 0. The van der Waals surface area contributed by atoms with Gasteiger partial charge in [-0.05, 0) is 25.7 Å². The number of nitrogens with zero attached hydrogens (tertiary/aromatic N) is 7. The number of piperidine rings is 1. The van der Waals surface area contributed by atoms with Gasteiger partial charge >= 0.3 is 0 Å². The van der Waals surface area contributed by atoms with Crippen molar-refractivity contribution in [3.8, 4) is 0 Å². The molecule has 2 aromatic heterocycles. The molecule has 4 heterocycles. The zero-order chi connectivity index (χ0) is 20.2. The third-order valence-electron chi connectivity index (χ3n) is 5.31. The van der Waals surface area contributed by atoms with Crippen LogP contribution in [0, 0.1) is 12.8 Å². The number of likely N-dealkylation sites (tertiary alicyclic amines) is 1. The predicted octanol–water partition coefficient (Wildman–Crippen LogP) is 0.401. The first-order valence-electron chi connectivity index (χ1n) is 9.95. The van der Waals surface area contributed by atoms with E-state index in [9.17, 15) is 9.59 Å². The fraction of sp³-hybridized carbons (Fsp3) is 0.579. The molecule has 10 nitrogen and oxygen atoms in total. The number of amides is 2. The molecule has 0 radical (unpaired) electrons. The maximum Gasteiger partial charge on any atom is 0.276 e. The smallest absolute Gasteiger partial charge is 0.276 e. The Labute approximate surface area is 168 Å². The molecule has 4 rings (SSSR count). The minimum absolute atomic E-state index is 0.0935. The zero-order valence-corrected chi connectivity index (χ0v) is 16.5. The highest BCUT2D eigenvalue weighted by Gasteiger charge is 2.27. The Balaban J connectivity index is 1.36. The second-order valence-corrected chi connectivity index (χ2v) is 7.53. The highest BCUT2D eigenvalue weighted by atomic mass is 16.5. The minimum Gasteiger partial charge on any atom is -0.378 e. The number of ether oxygens (including phenoxy) is 1. The first-order chi connectivity index (χ1) is 14.1. The van der Waals surface area contributed by atoms with Gasteiger partial charge in [0.05, 0.1) is 31.3 Å². The van der Waals surface area contributed by atoms with E-state index in [0.717, 1.165) is 18.5 Å². The van der Waals surface area contributed by atoms with Gasteiger partial charge in [0.2, 0.25) is 0 Å². The van der Waals surface area contributed by atoms with Crippen molar-refractivity contribution in [1.82, 2.24) is 34.8 Å². The fourth-order valence-corrected chi connectivity index (χ4v) is 3.74. The second kappa shape index (κ2) is 8.64. The highest BCUT2D eigenvalue weighted by Crippen LogP contribution is 2.20. The summed E-state index contributed by atoms with van der Waals surface area (Å²) in [5.41, 5.74) is 1.51. The maximum atomic E-state index is 12.7. The van der Waals surface area contributed by atoms with E-state index >= 15 is 0 Å². The summed E-state index contributed by atoms with van der Waals surface area (Å²) in [6, 6.07) is 0. The lowest BCUT2D eigenvalue weighted by Crippen LogP contribution is -2.41. The molecule has 2 saturated heterocycles. The van der Waals surface area contributed by atoms with E-state index in [1.807, 2.05) is 11.8 Å². The molecule has 0 aliphatic carbocycles. The molecule has 2 aliphatic rings. The molecular weight excluding hydrogens is 374 g/mol. The molecule has 2 aliphatic heterocycles. The van der Waals surface area contributed by atoms with Crippen LogP contribution in [0.15, 0.2) is 18.6 Å². The van der Waals surface area contributed by atoms with Gasteiger partial charge in [-0.25, -0.2) is 4.98 Å². The molecule has 0 unspecified atom stereocenters. The van der Waals surface area contributed by atoms with Crippen LogP contribution in [0.5, 0.6) is 0 Å². The van der Waals surface area contributed by atoms with Gasteiger partial charge in [0.25, 0.3) is 11.8 Å². The second-order valence-electron chi connectivity index (χ2n) is 7.53. The van der Waals surface area contributed by atoms with Crippen LogP contribution in [-0.4, -0.2) is 86.0 Å². The topological polar surface area (TPSA) is 106 Å². The maximum absolute atomic E-state index is 12.7. The zero-order valence-electron chi connectivity index (χ0n) is 16.5. The van der Waals surface area contributed by atoms with E-state index < -0.39 is 0 Å². The van der Waals surface area contributed by atoms with Crippen LogP contribution >= 0.6 is 0 Å². The highest BCUT2D eigenvalue weighted by molar-refractivity contribution is 5.92. The minimum atomic E-state index is -0.113. The van der Waals surface area contributed by atoms with Gasteiger partial charge in [-0.15, -0.1) is 5.10 Å². The van der Waals surface area contributed by atoms with Gasteiger partial charge in [0, 0.05) is 38.9 Å². The summed E-state index contributed by atoms with van der Waals surface area (Å²) in [5.74, 6) is 0.0427. The SMILES string of the molecule is Cc1cnc(C(=O)N2CCC[C@H](Cn3cc(C(=O)N4CCOCC4)nn3)C2)cn1. The quantitative estimate of drug-likeness (QED) is 0.733. The first kappa shape index (κ1) is 19.4. The van der Waals surface area contributed by atoms with Crippen LogP contribution in [-0.2, 0) is 11.3 Å². The Morgan fingerprint density at radius 3 is 2.62 bits per heavy atom. The third kappa shape index (κ3) is 4.58. The van der Waals surface area contributed by atoms with Crippen LogP contribution in [0.4, 0.5) is 0 Å². The monoisotopic (exact) mass is 399 g/mol. The summed E-state index contributed by atoms with van der Waals surface area (Å²) < 4.78 is 6.99. The third-order valence-corrected chi connectivity index (χ3v) is 5.31. The molecule has 154 valence electrons. The normalized spacial score (nSPS) is 20.0. The number of aryl methyl sites for hydroxylation is 1. The largest absolute Gasteiger partial charge is 0.378 e. The molecule has 0 aromatic carbocycles. The number of hydrogen-bond donors (Lipinski definition) is 0. The average molecular weight is 399 g/mol. The van der Waals surface area contributed by atoms with Gasteiger partial charge in [-0.2, -0.15) is 0 Å². The Morgan fingerprint density at radius 2 is 1.86 bits per heavy atom. The number of carbonyl (C=O) groups is 2. The molecule has 10 heteroatoms. The first-order valence-corrected chi connectivity index (χ1v) is 9.95. The lowest BCUT2D eigenvalue weighted by molar-refractivity contribution is 0.0299. The summed E-state index contributed by atoms with van der Waals surface area (Å²) in [5, 5.41) is 8.17. The van der Waals surface area contributed by atoms with E-state index in [4.69, 9.17) is 4.74 Å². The molecule has 0 spiro atoms. The lowest BCUT2D eigenvalue weighted by Gasteiger charge is -2.32. The Bertz CT molecular complexity index is 861. The van der Waals surface area contributed by atoms with E-state index in [-0.39, 0.29) is 17.7 Å². The van der Waals surface area contributed by atoms with Crippen LogP contribution in [0.1, 0.15) is 39.5 Å². The molecule has 2 amide bonds. The van der Waals surface area contributed by atoms with Gasteiger partial charge < -0.3 is 14.5 Å². The summed E-state index contributed by atoms with van der Waals surface area (Å²) in [6.45, 7) is 6.06. The van der Waals surface area contributed by atoms with Gasteiger partial charge in [-0.3, -0.25) is 19.3 Å². The van der Waals surface area contributed by atoms with Crippen LogP contribution < -0.4 is 0 Å². The van der Waals surface area contributed by atoms with Crippen molar-refractivity contribution in [2.45, 2.75) is 26.3 Å². The standard InChI is InChI=1S/C19H25N7O3/c1-14-9-21-16(10-20-14)18(27)25-4-2-3-15(11-25)12-26-13-17(22-23-26)19(28)24-5-7-29-8-6-24/h9-10,13,15H,2-8,11-12H2,1H3/t15-/m0/s1. The van der Waals surface area contributed by atoms with Crippen molar-refractivity contribution in [1.29, 1.82) is 0 Å². The molecule has 1 atom stereocenters. The van der Waals surface area contributed by atoms with Crippen molar-refractivity contribution < 1.29 is 14.3 Å². The Kier molecular flexibility index (Phi) is 5.79. The van der Waals surface area contributed by atoms with E-state index in [2.05, 4.69) is 20.3 Å². The summed E-state index contributed by atoms with van der Waals surface area (Å²) in [6.07, 6.45) is 6.75. The summed E-state index contributed by atoms with van der Waals surface area (Å²) in [4.78, 5) is 37.1. The van der Waals surface area contributed by atoms with Crippen molar-refractivity contribution in [3.05, 3.63) is 35.7 Å². The average Bonchev–Trinajstić information content (AvgIpc) is 3.22. The van der Waals surface area contributed by atoms with Gasteiger partial charge in [-0.1, -0.05) is 5.21 Å². The van der Waals surface area contributed by atoms with Gasteiger partial charge in [0.15, 0.2) is 5.69 Å². The van der Waals surface area contributed by atoms with E-state index in [1.165, 1.54) is 6.20 Å². The van der Waals surface area contributed by atoms with E-state index in [0.29, 0.717) is 57.3 Å². The molecule has 0 N–H and O–H groups in total. The fourth-order valence-electron chi connectivity index (χ4n) is 3.74. The van der Waals surface area contributed by atoms with E-state index in [1.54, 1.807) is 22.0 Å². The summed E-state index contributed by atoms with van der Waals surface area (Å²) >= 11 is 0. The molecule has 0 saturated carbocycles. The van der Waals surface area contributed by atoms with Crippen molar-refractivity contribution >= 4 is 11.8 Å². The molecule has 29 heavy (non-hydrogen) atoms. The number of rotatable bonds is 4. The number of hydrogen-bond acceptors (Lipinski definition) is 7. The number of aromatic nitrogens is 5. The van der Waals surface area contributed by atoms with Crippen molar-refractivity contribution in [3.63, 3.8) is 0 Å².